The molecule has 1 fully saturated rings. The van der Waals surface area contributed by atoms with E-state index in [4.69, 9.17) is 0 Å². The van der Waals surface area contributed by atoms with Crippen molar-refractivity contribution in [3.8, 4) is 0 Å². The summed E-state index contributed by atoms with van der Waals surface area (Å²) in [6.45, 7) is 4.77. The van der Waals surface area contributed by atoms with E-state index in [1.54, 1.807) is 6.07 Å². The molecule has 0 spiro atoms. The van der Waals surface area contributed by atoms with Crippen molar-refractivity contribution in [2.45, 2.75) is 44.4 Å². The fourth-order valence-corrected chi connectivity index (χ4v) is 2.97. The zero-order valence-electron chi connectivity index (χ0n) is 12.3. The van der Waals surface area contributed by atoms with Gasteiger partial charge < -0.3 is 10.0 Å². The quantitative estimate of drug-likeness (QED) is 0.924. The summed E-state index contributed by atoms with van der Waals surface area (Å²) in [6, 6.07) is 5.30. The molecule has 0 amide bonds. The monoisotopic (exact) mass is 301 g/mol. The van der Waals surface area contributed by atoms with E-state index in [2.05, 4.69) is 11.8 Å². The van der Waals surface area contributed by atoms with Crippen molar-refractivity contribution in [3.05, 3.63) is 35.4 Å². The molecule has 5 heteroatoms. The number of benzene rings is 1. The molecule has 1 saturated heterocycles. The largest absolute Gasteiger partial charge is 0.416 e. The summed E-state index contributed by atoms with van der Waals surface area (Å²) in [5.41, 5.74) is -0.988. The molecular weight excluding hydrogens is 279 g/mol. The maximum Gasteiger partial charge on any atom is 0.416 e. The number of hydrogen-bond donors (Lipinski definition) is 1. The highest BCUT2D eigenvalue weighted by molar-refractivity contribution is 5.27. The Morgan fingerprint density at radius 3 is 2.67 bits per heavy atom. The molecule has 1 heterocycles. The lowest BCUT2D eigenvalue weighted by Gasteiger charge is -2.27. The lowest BCUT2D eigenvalue weighted by Crippen LogP contribution is -2.33. The molecule has 0 bridgehead atoms. The molecule has 1 aliphatic heterocycles. The molecule has 2 rings (SSSR count). The summed E-state index contributed by atoms with van der Waals surface area (Å²) in [5.74, 6) is 0. The van der Waals surface area contributed by atoms with Gasteiger partial charge in [0.25, 0.3) is 0 Å². The normalized spacial score (nSPS) is 24.8. The van der Waals surface area contributed by atoms with E-state index in [0.29, 0.717) is 18.4 Å². The number of alkyl halides is 3. The maximum absolute atomic E-state index is 12.7. The SMILES string of the molecule is CCN1CCCC(O)(Cc2cccc(C(F)(F)F)c2)CC1. The van der Waals surface area contributed by atoms with Crippen LogP contribution in [0.1, 0.15) is 37.3 Å². The predicted molar refractivity (Wildman–Crippen MR) is 76.1 cm³/mol. The second kappa shape index (κ2) is 6.36. The Morgan fingerprint density at radius 2 is 2.00 bits per heavy atom. The van der Waals surface area contributed by atoms with Gasteiger partial charge in [0.1, 0.15) is 0 Å². The van der Waals surface area contributed by atoms with Gasteiger partial charge >= 0.3 is 6.18 Å². The van der Waals surface area contributed by atoms with Crippen molar-refractivity contribution >= 4 is 0 Å². The first-order valence-corrected chi connectivity index (χ1v) is 7.43. The third-order valence-electron chi connectivity index (χ3n) is 4.24. The van der Waals surface area contributed by atoms with Gasteiger partial charge in [0.05, 0.1) is 11.2 Å². The van der Waals surface area contributed by atoms with Crippen molar-refractivity contribution in [1.29, 1.82) is 0 Å². The summed E-state index contributed by atoms with van der Waals surface area (Å²) < 4.78 is 38.2. The second-order valence-corrected chi connectivity index (χ2v) is 5.89. The van der Waals surface area contributed by atoms with Crippen LogP contribution < -0.4 is 0 Å². The van der Waals surface area contributed by atoms with Gasteiger partial charge in [-0.3, -0.25) is 0 Å². The number of nitrogens with zero attached hydrogens (tertiary/aromatic N) is 1. The van der Waals surface area contributed by atoms with Gasteiger partial charge in [0.15, 0.2) is 0 Å². The summed E-state index contributed by atoms with van der Waals surface area (Å²) in [5, 5.41) is 10.7. The third-order valence-corrected chi connectivity index (χ3v) is 4.24. The average Bonchev–Trinajstić information content (AvgIpc) is 2.60. The smallest absolute Gasteiger partial charge is 0.389 e. The van der Waals surface area contributed by atoms with Crippen LogP contribution in [0.3, 0.4) is 0 Å². The first kappa shape index (κ1) is 16.3. The van der Waals surface area contributed by atoms with Crippen LogP contribution in [0.15, 0.2) is 24.3 Å². The lowest BCUT2D eigenvalue weighted by molar-refractivity contribution is -0.137. The Hall–Kier alpha value is -1.07. The lowest BCUT2D eigenvalue weighted by atomic mass is 9.87. The molecule has 0 radical (unpaired) electrons. The van der Waals surface area contributed by atoms with Crippen LogP contribution in [0.25, 0.3) is 0 Å². The van der Waals surface area contributed by atoms with Crippen molar-refractivity contribution in [2.75, 3.05) is 19.6 Å². The maximum atomic E-state index is 12.7. The van der Waals surface area contributed by atoms with Crippen molar-refractivity contribution in [2.24, 2.45) is 0 Å². The van der Waals surface area contributed by atoms with E-state index in [9.17, 15) is 18.3 Å². The van der Waals surface area contributed by atoms with Gasteiger partial charge in [-0.2, -0.15) is 13.2 Å². The van der Waals surface area contributed by atoms with E-state index in [-0.39, 0.29) is 6.42 Å². The van der Waals surface area contributed by atoms with E-state index in [1.165, 1.54) is 6.07 Å². The van der Waals surface area contributed by atoms with Crippen LogP contribution in [0.4, 0.5) is 13.2 Å². The third kappa shape index (κ3) is 4.45. The molecule has 1 N–H and O–H groups in total. The Balaban J connectivity index is 2.10. The van der Waals surface area contributed by atoms with Gasteiger partial charge in [-0.15, -0.1) is 0 Å². The van der Waals surface area contributed by atoms with Crippen molar-refractivity contribution < 1.29 is 18.3 Å². The molecule has 2 nitrogen and oxygen atoms in total. The molecule has 0 aliphatic carbocycles. The van der Waals surface area contributed by atoms with E-state index >= 15 is 0 Å². The van der Waals surface area contributed by atoms with Crippen LogP contribution in [0.5, 0.6) is 0 Å². The van der Waals surface area contributed by atoms with Crippen LogP contribution >= 0.6 is 0 Å². The summed E-state index contributed by atoms with van der Waals surface area (Å²) >= 11 is 0. The fourth-order valence-electron chi connectivity index (χ4n) is 2.97. The molecule has 1 unspecified atom stereocenters. The van der Waals surface area contributed by atoms with Gasteiger partial charge in [-0.05, 0) is 44.0 Å². The minimum atomic E-state index is -4.33. The summed E-state index contributed by atoms with van der Waals surface area (Å²) in [6.07, 6.45) is -1.92. The van der Waals surface area contributed by atoms with Crippen LogP contribution in [-0.2, 0) is 12.6 Å². The topological polar surface area (TPSA) is 23.5 Å². The first-order chi connectivity index (χ1) is 9.82. The molecule has 118 valence electrons. The van der Waals surface area contributed by atoms with Gasteiger partial charge in [-0.25, -0.2) is 0 Å². The number of rotatable bonds is 3. The van der Waals surface area contributed by atoms with Crippen molar-refractivity contribution in [3.63, 3.8) is 0 Å². The van der Waals surface area contributed by atoms with Crippen molar-refractivity contribution in [1.82, 2.24) is 4.90 Å². The molecule has 0 saturated carbocycles. The highest BCUT2D eigenvalue weighted by atomic mass is 19.4. The standard InChI is InChI=1S/C16H22F3NO/c1-2-20-9-4-7-15(21,8-10-20)12-13-5-3-6-14(11-13)16(17,18)19/h3,5-6,11,21H,2,4,7-10,12H2,1H3. The number of likely N-dealkylation sites (tertiary alicyclic amines) is 1. The summed E-state index contributed by atoms with van der Waals surface area (Å²) in [4.78, 5) is 2.27. The molecule has 0 aromatic heterocycles. The Bertz CT molecular complexity index is 475. The van der Waals surface area contributed by atoms with Gasteiger partial charge in [0, 0.05) is 13.0 Å². The Kier molecular flexibility index (Phi) is 4.94. The van der Waals surface area contributed by atoms with Gasteiger partial charge in [-0.1, -0.05) is 25.1 Å². The Morgan fingerprint density at radius 1 is 1.24 bits per heavy atom. The highest BCUT2D eigenvalue weighted by Crippen LogP contribution is 2.32. The molecule has 21 heavy (non-hydrogen) atoms. The van der Waals surface area contributed by atoms with Gasteiger partial charge in [0.2, 0.25) is 0 Å². The molecule has 1 aliphatic rings. The number of halogens is 3. The number of hydrogen-bond acceptors (Lipinski definition) is 2. The predicted octanol–water partition coefficient (Wildman–Crippen LogP) is 3.48. The van der Waals surface area contributed by atoms with E-state index in [0.717, 1.165) is 38.2 Å². The molecule has 1 aromatic rings. The van der Waals surface area contributed by atoms with Crippen LogP contribution in [-0.4, -0.2) is 35.2 Å². The zero-order chi connectivity index (χ0) is 15.5. The molecular formula is C16H22F3NO. The molecule has 1 atom stereocenters. The van der Waals surface area contributed by atoms with Crippen LogP contribution in [0.2, 0.25) is 0 Å². The second-order valence-electron chi connectivity index (χ2n) is 5.89. The first-order valence-electron chi connectivity index (χ1n) is 7.43. The average molecular weight is 301 g/mol. The molecule has 1 aromatic carbocycles. The minimum Gasteiger partial charge on any atom is -0.389 e. The zero-order valence-corrected chi connectivity index (χ0v) is 12.3. The minimum absolute atomic E-state index is 0.286. The summed E-state index contributed by atoms with van der Waals surface area (Å²) in [7, 11) is 0. The van der Waals surface area contributed by atoms with E-state index in [1.807, 2.05) is 0 Å². The van der Waals surface area contributed by atoms with E-state index < -0.39 is 17.3 Å². The fraction of sp³-hybridized carbons (Fsp3) is 0.625. The highest BCUT2D eigenvalue weighted by Gasteiger charge is 2.33. The Labute approximate surface area is 123 Å². The van der Waals surface area contributed by atoms with Crippen LogP contribution in [0, 0.1) is 0 Å². The number of aliphatic hydroxyl groups is 1.